The Labute approximate surface area is 272 Å². The minimum atomic E-state index is -1.16. The summed E-state index contributed by atoms with van der Waals surface area (Å²) in [5.74, 6) is 0.683. The van der Waals surface area contributed by atoms with Crippen LogP contribution in [0.4, 0.5) is 0 Å². The number of rotatable bonds is 6. The normalized spacial score (nSPS) is 62.2. The molecule has 20 atom stereocenters. The molecular weight excluding hydrogens is 596 g/mol. The van der Waals surface area contributed by atoms with E-state index < -0.39 is 55.0 Å². The van der Waals surface area contributed by atoms with Crippen molar-refractivity contribution in [2.24, 2.45) is 34.5 Å². The van der Waals surface area contributed by atoms with Gasteiger partial charge in [0.2, 0.25) is 0 Å². The molecule has 0 aromatic carbocycles. The molecule has 0 aromatic rings. The van der Waals surface area contributed by atoms with Gasteiger partial charge in [-0.2, -0.15) is 0 Å². The highest BCUT2D eigenvalue weighted by molar-refractivity contribution is 5.28. The smallest absolute Gasteiger partial charge is 0.187 e. The Morgan fingerprint density at radius 3 is 2.26 bits per heavy atom. The molecule has 4 aliphatic carbocycles. The van der Waals surface area contributed by atoms with Crippen molar-refractivity contribution < 1.29 is 53.2 Å². The van der Waals surface area contributed by atoms with Gasteiger partial charge in [-0.1, -0.05) is 13.8 Å². The molecule has 1 spiro atoms. The maximum absolute atomic E-state index is 11.9. The average Bonchev–Trinajstić information content (AvgIpc) is 3.36. The number of ether oxygens (including phenoxy) is 8. The first kappa shape index (κ1) is 32.7. The highest BCUT2D eigenvalue weighted by Gasteiger charge is 2.83. The van der Waals surface area contributed by atoms with E-state index in [1.165, 1.54) is 7.11 Å². The number of hydrogen-bond donors (Lipinski definition) is 3. The van der Waals surface area contributed by atoms with Crippen LogP contribution in [0.25, 0.3) is 0 Å². The summed E-state index contributed by atoms with van der Waals surface area (Å²) in [6.07, 6.45) is 0.925. The van der Waals surface area contributed by atoms with E-state index >= 15 is 0 Å². The van der Waals surface area contributed by atoms with Gasteiger partial charge >= 0.3 is 0 Å². The van der Waals surface area contributed by atoms with E-state index in [-0.39, 0.29) is 52.7 Å². The first-order chi connectivity index (χ1) is 21.8. The Morgan fingerprint density at radius 1 is 0.761 bits per heavy atom. The first-order valence-corrected chi connectivity index (χ1v) is 17.9. The van der Waals surface area contributed by atoms with Crippen molar-refractivity contribution in [2.45, 2.75) is 171 Å². The molecular formula is C35H56O11. The molecule has 5 aliphatic heterocycles. The van der Waals surface area contributed by atoms with Gasteiger partial charge in [-0.3, -0.25) is 0 Å². The Bertz CT molecular complexity index is 1170. The quantitative estimate of drug-likeness (QED) is 0.366. The van der Waals surface area contributed by atoms with Gasteiger partial charge in [-0.05, 0) is 83.0 Å². The van der Waals surface area contributed by atoms with E-state index in [0.29, 0.717) is 18.3 Å². The third-order valence-corrected chi connectivity index (χ3v) is 14.7. The predicted octanol–water partition coefficient (Wildman–Crippen LogP) is 2.90. The monoisotopic (exact) mass is 652 g/mol. The van der Waals surface area contributed by atoms with E-state index in [1.54, 1.807) is 14.0 Å². The highest BCUT2D eigenvalue weighted by Crippen LogP contribution is 2.78. The molecule has 5 saturated heterocycles. The SMILES string of the molecule is COC1CC(OC2CCC3(C)C(CCC45OC6(C)OC(C34)C(O)C3(C)C6CCC53)C2)OC(C)C1OC1OC(C)C(O)C(OC)C1O. The van der Waals surface area contributed by atoms with Crippen molar-refractivity contribution >= 4 is 0 Å². The molecule has 11 heteroatoms. The van der Waals surface area contributed by atoms with Crippen LogP contribution in [0.2, 0.25) is 0 Å². The molecule has 4 saturated carbocycles. The molecule has 0 aromatic heterocycles. The predicted molar refractivity (Wildman–Crippen MR) is 162 cm³/mol. The van der Waals surface area contributed by atoms with E-state index in [9.17, 15) is 15.3 Å². The Morgan fingerprint density at radius 2 is 1.52 bits per heavy atom. The molecule has 11 nitrogen and oxygen atoms in total. The number of methoxy groups -OCH3 is 2. The van der Waals surface area contributed by atoms with Crippen LogP contribution in [0.5, 0.6) is 0 Å². The fourth-order valence-corrected chi connectivity index (χ4v) is 12.7. The Balaban J connectivity index is 0.936. The van der Waals surface area contributed by atoms with Gasteiger partial charge in [-0.25, -0.2) is 0 Å². The third kappa shape index (κ3) is 4.29. The topological polar surface area (TPSA) is 135 Å². The van der Waals surface area contributed by atoms with Crippen LogP contribution >= 0.6 is 0 Å². The lowest BCUT2D eigenvalue weighted by atomic mass is 9.39. The maximum atomic E-state index is 11.9. The van der Waals surface area contributed by atoms with Crippen LogP contribution in [0.3, 0.4) is 0 Å². The van der Waals surface area contributed by atoms with Crippen LogP contribution in [0.15, 0.2) is 0 Å². The molecule has 46 heavy (non-hydrogen) atoms. The molecule has 5 heterocycles. The fraction of sp³-hybridized carbons (Fsp3) is 1.00. The van der Waals surface area contributed by atoms with E-state index in [2.05, 4.69) is 20.8 Å². The van der Waals surface area contributed by atoms with E-state index in [1.807, 2.05) is 6.92 Å². The lowest BCUT2D eigenvalue weighted by Crippen LogP contribution is -2.84. The maximum Gasteiger partial charge on any atom is 0.187 e. The molecule has 0 radical (unpaired) electrons. The lowest BCUT2D eigenvalue weighted by Gasteiger charge is -2.77. The summed E-state index contributed by atoms with van der Waals surface area (Å²) < 4.78 is 50.3. The standard InChI is InChI=1S/C35H56O11/c1-16-24(36)27(40-7)25(37)31(42-16)44-26-17(2)41-23(15-20(26)39-6)43-19-11-12-32(3)18(14-19)10-13-35-22-9-8-21-33(22,4)30(38)28(29(32)35)45-34(21,5)46-35/h16-31,36-38H,8-15H2,1-7H3. The zero-order chi connectivity index (χ0) is 32.6. The van der Waals surface area contributed by atoms with Gasteiger partial charge < -0.3 is 53.2 Å². The van der Waals surface area contributed by atoms with Gasteiger partial charge in [0.25, 0.3) is 0 Å². The van der Waals surface area contributed by atoms with Gasteiger partial charge in [0.15, 0.2) is 18.4 Å². The average molecular weight is 653 g/mol. The number of fused-ring (bicyclic) bond motifs is 1. The molecule has 6 bridgehead atoms. The van der Waals surface area contributed by atoms with Crippen LogP contribution in [-0.2, 0) is 37.9 Å². The van der Waals surface area contributed by atoms with Gasteiger partial charge in [0, 0.05) is 37.9 Å². The molecule has 9 aliphatic rings. The van der Waals surface area contributed by atoms with Crippen molar-refractivity contribution in [3.05, 3.63) is 0 Å². The second-order valence-corrected chi connectivity index (χ2v) is 16.7. The van der Waals surface area contributed by atoms with E-state index in [0.717, 1.165) is 44.9 Å². The zero-order valence-electron chi connectivity index (χ0n) is 28.5. The van der Waals surface area contributed by atoms with Crippen LogP contribution in [0, 0.1) is 34.5 Å². The summed E-state index contributed by atoms with van der Waals surface area (Å²) in [5.41, 5.74) is -0.340. The minimum Gasteiger partial charge on any atom is -0.390 e. The van der Waals surface area contributed by atoms with Gasteiger partial charge in [-0.15, -0.1) is 0 Å². The largest absolute Gasteiger partial charge is 0.390 e. The highest BCUT2D eigenvalue weighted by atomic mass is 16.7. The Kier molecular flexibility index (Phi) is 7.85. The molecule has 262 valence electrons. The summed E-state index contributed by atoms with van der Waals surface area (Å²) in [6.45, 7) is 10.6. The molecule has 9 rings (SSSR count). The van der Waals surface area contributed by atoms with E-state index in [4.69, 9.17) is 37.9 Å². The second-order valence-electron chi connectivity index (χ2n) is 16.7. The number of hydrogen-bond acceptors (Lipinski definition) is 11. The molecule has 9 fully saturated rings. The lowest BCUT2D eigenvalue weighted by molar-refractivity contribution is -0.498. The second kappa shape index (κ2) is 11.0. The van der Waals surface area contributed by atoms with Gasteiger partial charge in [0.05, 0.1) is 42.2 Å². The van der Waals surface area contributed by atoms with Crippen LogP contribution in [-0.4, -0.2) is 115 Å². The van der Waals surface area contributed by atoms with Gasteiger partial charge in [0.1, 0.15) is 24.4 Å². The number of aliphatic hydroxyl groups excluding tert-OH is 3. The zero-order valence-corrected chi connectivity index (χ0v) is 28.5. The number of aliphatic hydroxyl groups is 3. The first-order valence-electron chi connectivity index (χ1n) is 17.9. The fourth-order valence-electron chi connectivity index (χ4n) is 12.7. The molecule has 20 unspecified atom stereocenters. The summed E-state index contributed by atoms with van der Waals surface area (Å²) >= 11 is 0. The van der Waals surface area contributed by atoms with Crippen molar-refractivity contribution in [1.82, 2.24) is 0 Å². The summed E-state index contributed by atoms with van der Waals surface area (Å²) in [4.78, 5) is 0. The minimum absolute atomic E-state index is 0.00215. The van der Waals surface area contributed by atoms with Crippen molar-refractivity contribution in [3.63, 3.8) is 0 Å². The van der Waals surface area contributed by atoms with Crippen molar-refractivity contribution in [1.29, 1.82) is 0 Å². The molecule has 0 amide bonds. The summed E-state index contributed by atoms with van der Waals surface area (Å²) in [6, 6.07) is 0. The van der Waals surface area contributed by atoms with Crippen LogP contribution < -0.4 is 0 Å². The van der Waals surface area contributed by atoms with Crippen molar-refractivity contribution in [2.75, 3.05) is 14.2 Å². The third-order valence-electron chi connectivity index (χ3n) is 14.7. The molecule has 3 N–H and O–H groups in total. The van der Waals surface area contributed by atoms with Crippen LogP contribution in [0.1, 0.15) is 86.0 Å². The summed E-state index contributed by atoms with van der Waals surface area (Å²) in [7, 11) is 3.11. The van der Waals surface area contributed by atoms with Crippen molar-refractivity contribution in [3.8, 4) is 0 Å². The summed E-state index contributed by atoms with van der Waals surface area (Å²) in [5, 5.41) is 33.1. The Hall–Kier alpha value is -0.440.